The molecule has 0 rings (SSSR count). The summed E-state index contributed by atoms with van der Waals surface area (Å²) in [5, 5.41) is 0. The number of halogens is 10. The molecule has 0 aliphatic heterocycles. The largest absolute Gasteiger partial charge is 1.00 e. The van der Waals surface area contributed by atoms with E-state index in [0.717, 1.165) is 0 Å². The van der Waals surface area contributed by atoms with Crippen LogP contribution in [0.25, 0.3) is 0 Å². The molecule has 0 nitrogen and oxygen atoms in total. The Morgan fingerprint density at radius 1 is 0.467 bits per heavy atom. The second-order valence-corrected chi connectivity index (χ2v) is 2.14. The minimum atomic E-state index is -7.14. The van der Waals surface area contributed by atoms with Gasteiger partial charge in [-0.05, 0) is 0 Å². The van der Waals surface area contributed by atoms with E-state index in [1.54, 1.807) is 0 Å². The standard InChI is InChI=1S/C4F10.Na.H/c5-1(6,3(9,10)11)2(7,8)4(12,13)14;;/q;+1;-1. The minimum Gasteiger partial charge on any atom is -1.00 e. The maximum absolute atomic E-state index is 11.6. The van der Waals surface area contributed by atoms with Crippen molar-refractivity contribution in [1.82, 2.24) is 0 Å². The fourth-order valence-electron chi connectivity index (χ4n) is 0.356. The van der Waals surface area contributed by atoms with Gasteiger partial charge < -0.3 is 1.43 Å². The molecule has 0 spiro atoms. The van der Waals surface area contributed by atoms with Crippen LogP contribution in [0.5, 0.6) is 0 Å². The van der Waals surface area contributed by atoms with Crippen molar-refractivity contribution in [3.63, 3.8) is 0 Å². The van der Waals surface area contributed by atoms with Gasteiger partial charge in [-0.25, -0.2) is 0 Å². The van der Waals surface area contributed by atoms with Gasteiger partial charge in [0.15, 0.2) is 0 Å². The number of hydrogen-bond donors (Lipinski definition) is 0. The molecule has 0 radical (unpaired) electrons. The summed E-state index contributed by atoms with van der Waals surface area (Å²) < 4.78 is 113. The van der Waals surface area contributed by atoms with E-state index in [9.17, 15) is 43.9 Å². The van der Waals surface area contributed by atoms with Gasteiger partial charge in [0.2, 0.25) is 0 Å². The Bertz CT molecular complexity index is 192. The zero-order valence-corrected chi connectivity index (χ0v) is 8.78. The summed E-state index contributed by atoms with van der Waals surface area (Å²) in [6.45, 7) is 0. The van der Waals surface area contributed by atoms with Gasteiger partial charge >= 0.3 is 53.8 Å². The summed E-state index contributed by atoms with van der Waals surface area (Å²) in [6.07, 6.45) is -13.9. The summed E-state index contributed by atoms with van der Waals surface area (Å²) in [4.78, 5) is 0. The molecule has 88 valence electrons. The van der Waals surface area contributed by atoms with Crippen molar-refractivity contribution in [3.8, 4) is 0 Å². The molecule has 0 saturated carbocycles. The first-order valence-electron chi connectivity index (χ1n) is 2.64. The molecule has 11 heteroatoms. The minimum absolute atomic E-state index is 0. The van der Waals surface area contributed by atoms with Gasteiger partial charge in [0.1, 0.15) is 0 Å². The summed E-state index contributed by atoms with van der Waals surface area (Å²) in [6, 6.07) is 0. The van der Waals surface area contributed by atoms with Crippen molar-refractivity contribution < 1.29 is 74.9 Å². The zero-order valence-electron chi connectivity index (χ0n) is 7.78. The molecule has 0 aliphatic rings. The van der Waals surface area contributed by atoms with E-state index in [1.165, 1.54) is 0 Å². The fraction of sp³-hybridized carbons (Fsp3) is 1.00. The van der Waals surface area contributed by atoms with Crippen molar-refractivity contribution in [2.24, 2.45) is 0 Å². The van der Waals surface area contributed by atoms with E-state index in [0.29, 0.717) is 0 Å². The Labute approximate surface area is 99.4 Å². The molecular formula is C4HF10Na. The predicted octanol–water partition coefficient (Wildman–Crippen LogP) is 0.498. The monoisotopic (exact) mass is 262 g/mol. The van der Waals surface area contributed by atoms with Crippen LogP contribution in [-0.2, 0) is 0 Å². The van der Waals surface area contributed by atoms with Crippen LogP contribution < -0.4 is 29.6 Å². The van der Waals surface area contributed by atoms with Crippen LogP contribution in [0.3, 0.4) is 0 Å². The van der Waals surface area contributed by atoms with Gasteiger partial charge in [0.05, 0.1) is 0 Å². The van der Waals surface area contributed by atoms with Crippen LogP contribution in [0.2, 0.25) is 0 Å². The molecule has 0 unspecified atom stereocenters. The smallest absolute Gasteiger partial charge is 1.00 e. The molecule has 15 heavy (non-hydrogen) atoms. The molecule has 0 bridgehead atoms. The Morgan fingerprint density at radius 3 is 0.667 bits per heavy atom. The van der Waals surface area contributed by atoms with E-state index in [2.05, 4.69) is 0 Å². The van der Waals surface area contributed by atoms with Crippen molar-refractivity contribution in [1.29, 1.82) is 0 Å². The SMILES string of the molecule is FC(F)(F)C(F)(F)C(F)(F)C(F)(F)F.[H-].[Na+]. The third kappa shape index (κ3) is 2.90. The molecular weight excluding hydrogens is 261 g/mol. The van der Waals surface area contributed by atoms with E-state index < -0.39 is 24.2 Å². The first-order chi connectivity index (χ1) is 5.75. The van der Waals surface area contributed by atoms with Gasteiger partial charge in [0, 0.05) is 0 Å². The van der Waals surface area contributed by atoms with Gasteiger partial charge in [-0.1, -0.05) is 0 Å². The molecule has 0 heterocycles. The number of rotatable bonds is 1. The van der Waals surface area contributed by atoms with Crippen molar-refractivity contribution >= 4 is 0 Å². The molecule has 0 N–H and O–H groups in total. The van der Waals surface area contributed by atoms with E-state index in [1.807, 2.05) is 0 Å². The topological polar surface area (TPSA) is 0 Å². The molecule has 0 aliphatic carbocycles. The predicted molar refractivity (Wildman–Crippen MR) is 23.1 cm³/mol. The molecule has 0 aromatic heterocycles. The van der Waals surface area contributed by atoms with Crippen LogP contribution in [-0.4, -0.2) is 24.2 Å². The van der Waals surface area contributed by atoms with Gasteiger partial charge in [-0.3, -0.25) is 0 Å². The molecule has 0 fully saturated rings. The molecule has 0 aromatic carbocycles. The third-order valence-corrected chi connectivity index (χ3v) is 1.11. The van der Waals surface area contributed by atoms with Gasteiger partial charge in [-0.15, -0.1) is 0 Å². The second kappa shape index (κ2) is 4.28. The van der Waals surface area contributed by atoms with Crippen molar-refractivity contribution in [3.05, 3.63) is 0 Å². The maximum atomic E-state index is 11.6. The molecule has 0 aromatic rings. The summed E-state index contributed by atoms with van der Waals surface area (Å²) in [5.41, 5.74) is 0. The Kier molecular flexibility index (Phi) is 5.05. The Balaban J connectivity index is -0.000000845. The average Bonchev–Trinajstić information content (AvgIpc) is 1.81. The Hall–Kier alpha value is 0.300. The van der Waals surface area contributed by atoms with E-state index in [-0.39, 0.29) is 31.0 Å². The van der Waals surface area contributed by atoms with Crippen LogP contribution in [0.15, 0.2) is 0 Å². The van der Waals surface area contributed by atoms with Gasteiger partial charge in [-0.2, -0.15) is 43.9 Å². The first kappa shape index (κ1) is 17.7. The zero-order chi connectivity index (χ0) is 12.0. The summed E-state index contributed by atoms with van der Waals surface area (Å²) in [5.74, 6) is -14.3. The average molecular weight is 262 g/mol. The van der Waals surface area contributed by atoms with Gasteiger partial charge in [0.25, 0.3) is 0 Å². The van der Waals surface area contributed by atoms with Crippen molar-refractivity contribution in [2.45, 2.75) is 24.2 Å². The van der Waals surface area contributed by atoms with Crippen LogP contribution in [0.1, 0.15) is 1.43 Å². The molecule has 0 saturated heterocycles. The Morgan fingerprint density at radius 2 is 0.600 bits per heavy atom. The molecule has 0 atom stereocenters. The van der Waals surface area contributed by atoms with Crippen LogP contribution >= 0.6 is 0 Å². The number of alkyl halides is 10. The van der Waals surface area contributed by atoms with E-state index in [4.69, 9.17) is 0 Å². The summed E-state index contributed by atoms with van der Waals surface area (Å²) in [7, 11) is 0. The maximum Gasteiger partial charge on any atom is 1.00 e. The first-order valence-corrected chi connectivity index (χ1v) is 2.64. The quantitative estimate of drug-likeness (QED) is 0.477. The van der Waals surface area contributed by atoms with Crippen LogP contribution in [0, 0.1) is 0 Å². The fourth-order valence-corrected chi connectivity index (χ4v) is 0.356. The molecule has 0 amide bonds. The van der Waals surface area contributed by atoms with Crippen LogP contribution in [0.4, 0.5) is 43.9 Å². The summed E-state index contributed by atoms with van der Waals surface area (Å²) >= 11 is 0. The third-order valence-electron chi connectivity index (χ3n) is 1.11. The number of hydrogen-bond acceptors (Lipinski definition) is 0. The normalized spacial score (nSPS) is 14.8. The van der Waals surface area contributed by atoms with Crippen molar-refractivity contribution in [2.75, 3.05) is 0 Å². The van der Waals surface area contributed by atoms with E-state index >= 15 is 0 Å². The second-order valence-electron chi connectivity index (χ2n) is 2.14.